The lowest BCUT2D eigenvalue weighted by Crippen LogP contribution is -2.44. The van der Waals surface area contributed by atoms with E-state index in [0.29, 0.717) is 24.5 Å². The van der Waals surface area contributed by atoms with E-state index in [4.69, 9.17) is 11.6 Å². The second kappa shape index (κ2) is 6.26. The number of phenols is 1. The molecule has 3 rings (SSSR count). The Balaban J connectivity index is 1.67. The number of carbonyl (C=O) groups is 2. The van der Waals surface area contributed by atoms with Gasteiger partial charge in [-0.25, -0.2) is 0 Å². The van der Waals surface area contributed by atoms with Gasteiger partial charge in [0.25, 0.3) is 5.91 Å². The molecule has 2 N–H and O–H groups in total. The predicted octanol–water partition coefficient (Wildman–Crippen LogP) is 2.06. The lowest BCUT2D eigenvalue weighted by atomic mass is 9.76. The molecule has 1 spiro atoms. The molecule has 24 heavy (non-hydrogen) atoms. The van der Waals surface area contributed by atoms with Crippen molar-refractivity contribution < 1.29 is 19.8 Å². The van der Waals surface area contributed by atoms with Gasteiger partial charge in [0.1, 0.15) is 11.8 Å². The molecule has 0 bridgehead atoms. The molecule has 1 aromatic rings. The fourth-order valence-corrected chi connectivity index (χ4v) is 4.11. The lowest BCUT2D eigenvalue weighted by Gasteiger charge is -2.39. The molecule has 1 aromatic carbocycles. The molecule has 0 aliphatic carbocycles. The van der Waals surface area contributed by atoms with Crippen LogP contribution in [0, 0.1) is 5.41 Å². The third-order valence-electron chi connectivity index (χ3n) is 5.33. The summed E-state index contributed by atoms with van der Waals surface area (Å²) in [7, 11) is 1.84. The SMILES string of the molecule is CN1CC2(CCN(C(=O)c3ccc(Cl)cc3O)CC2)C[C@@H]1C(=O)O. The number of hydrogen-bond donors (Lipinski definition) is 2. The van der Waals surface area contributed by atoms with Crippen molar-refractivity contribution in [1.82, 2.24) is 9.80 Å². The Morgan fingerprint density at radius 1 is 1.29 bits per heavy atom. The van der Waals surface area contributed by atoms with Crippen LogP contribution in [-0.2, 0) is 4.79 Å². The Kier molecular flexibility index (Phi) is 4.44. The molecule has 2 saturated heterocycles. The number of benzene rings is 1. The maximum Gasteiger partial charge on any atom is 0.320 e. The maximum absolute atomic E-state index is 12.6. The van der Waals surface area contributed by atoms with Crippen molar-refractivity contribution in [1.29, 1.82) is 0 Å². The van der Waals surface area contributed by atoms with Crippen molar-refractivity contribution in [2.75, 3.05) is 26.7 Å². The molecular weight excluding hydrogens is 332 g/mol. The molecule has 1 amide bonds. The van der Waals surface area contributed by atoms with Crippen LogP contribution < -0.4 is 0 Å². The number of hydrogen-bond acceptors (Lipinski definition) is 4. The molecule has 7 heteroatoms. The van der Waals surface area contributed by atoms with Crippen molar-refractivity contribution in [3.8, 4) is 5.75 Å². The van der Waals surface area contributed by atoms with Crippen LogP contribution in [0.4, 0.5) is 0 Å². The van der Waals surface area contributed by atoms with Gasteiger partial charge in [0.15, 0.2) is 0 Å². The van der Waals surface area contributed by atoms with E-state index >= 15 is 0 Å². The number of likely N-dealkylation sites (tertiary alicyclic amines) is 2. The third kappa shape index (κ3) is 3.08. The fraction of sp³-hybridized carbons (Fsp3) is 0.529. The Morgan fingerprint density at radius 3 is 2.50 bits per heavy atom. The van der Waals surface area contributed by atoms with E-state index in [1.54, 1.807) is 11.0 Å². The van der Waals surface area contributed by atoms with Crippen LogP contribution in [0.25, 0.3) is 0 Å². The van der Waals surface area contributed by atoms with E-state index in [2.05, 4.69) is 0 Å². The highest BCUT2D eigenvalue weighted by Crippen LogP contribution is 2.43. The molecule has 0 unspecified atom stereocenters. The highest BCUT2D eigenvalue weighted by Gasteiger charge is 2.47. The normalized spacial score (nSPS) is 23.6. The van der Waals surface area contributed by atoms with E-state index in [-0.39, 0.29) is 22.6 Å². The summed E-state index contributed by atoms with van der Waals surface area (Å²) in [6.07, 6.45) is 2.19. The van der Waals surface area contributed by atoms with E-state index in [1.807, 2.05) is 11.9 Å². The molecule has 2 fully saturated rings. The monoisotopic (exact) mass is 352 g/mol. The minimum atomic E-state index is -0.779. The summed E-state index contributed by atoms with van der Waals surface area (Å²) in [4.78, 5) is 27.5. The molecule has 130 valence electrons. The van der Waals surface area contributed by atoms with Crippen LogP contribution in [0.3, 0.4) is 0 Å². The fourth-order valence-electron chi connectivity index (χ4n) is 3.95. The number of carboxylic acid groups (broad SMARTS) is 1. The highest BCUT2D eigenvalue weighted by atomic mass is 35.5. The Labute approximate surface area is 145 Å². The summed E-state index contributed by atoms with van der Waals surface area (Å²) in [5.74, 6) is -1.10. The van der Waals surface area contributed by atoms with Crippen molar-refractivity contribution >= 4 is 23.5 Å². The zero-order valence-corrected chi connectivity index (χ0v) is 14.3. The van der Waals surface area contributed by atoms with Crippen molar-refractivity contribution in [2.24, 2.45) is 5.41 Å². The summed E-state index contributed by atoms with van der Waals surface area (Å²) < 4.78 is 0. The standard InChI is InChI=1S/C17H21ClN2O4/c1-19-10-17(9-13(19)16(23)24)4-6-20(7-5-17)15(22)12-3-2-11(18)8-14(12)21/h2-3,8,13,21H,4-7,9-10H2,1H3,(H,23,24)/t13-/m1/s1. The topological polar surface area (TPSA) is 81.1 Å². The van der Waals surface area contributed by atoms with Crippen LogP contribution in [-0.4, -0.2) is 64.6 Å². The van der Waals surface area contributed by atoms with E-state index in [9.17, 15) is 19.8 Å². The average molecular weight is 353 g/mol. The Bertz CT molecular complexity index is 671. The molecule has 6 nitrogen and oxygen atoms in total. The van der Waals surface area contributed by atoms with Gasteiger partial charge in [-0.15, -0.1) is 0 Å². The van der Waals surface area contributed by atoms with Gasteiger partial charge in [0, 0.05) is 24.7 Å². The first-order valence-corrected chi connectivity index (χ1v) is 8.40. The Morgan fingerprint density at radius 2 is 1.96 bits per heavy atom. The minimum Gasteiger partial charge on any atom is -0.507 e. The summed E-state index contributed by atoms with van der Waals surface area (Å²) in [6, 6.07) is 4.05. The number of carboxylic acids is 1. The smallest absolute Gasteiger partial charge is 0.320 e. The number of piperidine rings is 1. The highest BCUT2D eigenvalue weighted by molar-refractivity contribution is 6.30. The zero-order chi connectivity index (χ0) is 17.5. The predicted molar refractivity (Wildman–Crippen MR) is 89.4 cm³/mol. The van der Waals surface area contributed by atoms with Crippen molar-refractivity contribution in [3.05, 3.63) is 28.8 Å². The summed E-state index contributed by atoms with van der Waals surface area (Å²) in [5.41, 5.74) is 0.221. The number of phenolic OH excluding ortho intramolecular Hbond substituents is 1. The van der Waals surface area contributed by atoms with Crippen LogP contribution in [0.1, 0.15) is 29.6 Å². The van der Waals surface area contributed by atoms with Gasteiger partial charge in [0.2, 0.25) is 0 Å². The first kappa shape index (κ1) is 17.0. The van der Waals surface area contributed by atoms with Gasteiger partial charge in [0.05, 0.1) is 5.56 Å². The van der Waals surface area contributed by atoms with E-state index < -0.39 is 12.0 Å². The quantitative estimate of drug-likeness (QED) is 0.851. The largest absolute Gasteiger partial charge is 0.507 e. The van der Waals surface area contributed by atoms with Gasteiger partial charge in [-0.05, 0) is 49.9 Å². The van der Waals surface area contributed by atoms with E-state index in [1.165, 1.54) is 12.1 Å². The maximum atomic E-state index is 12.6. The molecule has 0 saturated carbocycles. The van der Waals surface area contributed by atoms with Gasteiger partial charge < -0.3 is 15.1 Å². The van der Waals surface area contributed by atoms with E-state index in [0.717, 1.165) is 19.4 Å². The number of halogens is 1. The lowest BCUT2D eigenvalue weighted by molar-refractivity contribution is -0.141. The molecular formula is C17H21ClN2O4. The summed E-state index contributed by atoms with van der Waals surface area (Å²) in [5, 5.41) is 19.6. The first-order valence-electron chi connectivity index (χ1n) is 8.02. The van der Waals surface area contributed by atoms with Gasteiger partial charge in [-0.1, -0.05) is 11.6 Å². The number of amides is 1. The van der Waals surface area contributed by atoms with Crippen LogP contribution in [0.5, 0.6) is 5.75 Å². The molecule has 2 aliphatic rings. The first-order chi connectivity index (χ1) is 11.3. The van der Waals surface area contributed by atoms with Gasteiger partial charge in [-0.2, -0.15) is 0 Å². The molecule has 2 aliphatic heterocycles. The number of likely N-dealkylation sites (N-methyl/N-ethyl adjacent to an activating group) is 1. The van der Waals surface area contributed by atoms with Crippen LogP contribution in [0.15, 0.2) is 18.2 Å². The molecule has 0 aromatic heterocycles. The number of carbonyl (C=O) groups excluding carboxylic acids is 1. The zero-order valence-electron chi connectivity index (χ0n) is 13.5. The summed E-state index contributed by atoms with van der Waals surface area (Å²) >= 11 is 5.80. The second-order valence-electron chi connectivity index (χ2n) is 6.93. The third-order valence-corrected chi connectivity index (χ3v) is 5.56. The molecule has 1 atom stereocenters. The van der Waals surface area contributed by atoms with Crippen molar-refractivity contribution in [2.45, 2.75) is 25.3 Å². The van der Waals surface area contributed by atoms with Gasteiger partial charge in [-0.3, -0.25) is 14.5 Å². The number of aromatic hydroxyl groups is 1. The molecule has 2 heterocycles. The molecule has 0 radical (unpaired) electrons. The number of nitrogens with zero attached hydrogens (tertiary/aromatic N) is 2. The van der Waals surface area contributed by atoms with Crippen LogP contribution >= 0.6 is 11.6 Å². The Hall–Kier alpha value is -1.79. The minimum absolute atomic E-state index is 0.0311. The van der Waals surface area contributed by atoms with Crippen LogP contribution in [0.2, 0.25) is 5.02 Å². The number of aliphatic carboxylic acids is 1. The van der Waals surface area contributed by atoms with Gasteiger partial charge >= 0.3 is 5.97 Å². The number of rotatable bonds is 2. The average Bonchev–Trinajstić information content (AvgIpc) is 2.84. The second-order valence-corrected chi connectivity index (χ2v) is 7.36. The summed E-state index contributed by atoms with van der Waals surface area (Å²) in [6.45, 7) is 1.89. The van der Waals surface area contributed by atoms with Crippen molar-refractivity contribution in [3.63, 3.8) is 0 Å².